The second-order valence-electron chi connectivity index (χ2n) is 1.13. The van der Waals surface area contributed by atoms with Crippen LogP contribution in [0.3, 0.4) is 0 Å². The number of hydrogen-bond donors (Lipinski definition) is 0. The normalized spacial score (nSPS) is 7.88. The summed E-state index contributed by atoms with van der Waals surface area (Å²) in [4.78, 5) is 0. The first-order chi connectivity index (χ1) is 3.93. The summed E-state index contributed by atoms with van der Waals surface area (Å²) < 4.78 is 0. The predicted molar refractivity (Wildman–Crippen MR) is 26.1 cm³/mol. The van der Waals surface area contributed by atoms with Crippen molar-refractivity contribution in [3.63, 3.8) is 0 Å². The molecule has 1 aromatic rings. The van der Waals surface area contributed by atoms with Crippen LogP contribution in [0.5, 0.6) is 0 Å². The van der Waals surface area contributed by atoms with Gasteiger partial charge < -0.3 is 0 Å². The summed E-state index contributed by atoms with van der Waals surface area (Å²) in [5, 5.41) is 10.1. The highest BCUT2D eigenvalue weighted by molar-refractivity contribution is 5.16. The van der Waals surface area contributed by atoms with E-state index in [-0.39, 0.29) is 0 Å². The number of nitrogens with zero attached hydrogens (tertiary/aromatic N) is 3. The molecule has 0 aliphatic carbocycles. The van der Waals surface area contributed by atoms with Gasteiger partial charge >= 0.3 is 0 Å². The second kappa shape index (κ2) is 2.03. The lowest BCUT2D eigenvalue weighted by Crippen LogP contribution is -1.86. The maximum absolute atomic E-state index is 6.56. The lowest BCUT2D eigenvalue weighted by molar-refractivity contribution is 0.855. The molecule has 1 rings (SSSR count). The molecule has 0 aromatic carbocycles. The maximum atomic E-state index is 6.56. The molecule has 8 heavy (non-hydrogen) atoms. The lowest BCUT2D eigenvalue weighted by Gasteiger charge is -1.78. The molecule has 0 saturated heterocycles. The van der Waals surface area contributed by atoms with Crippen LogP contribution in [-0.4, -0.2) is 15.4 Å². The predicted octanol–water partition coefficient (Wildman–Crippen LogP) is -0.191. The Hall–Kier alpha value is -1.43. The van der Waals surface area contributed by atoms with E-state index in [1.54, 1.807) is 6.07 Å². The molecular weight excluding hydrogens is 102 g/mol. The molecule has 3 nitrogen and oxygen atoms in total. The van der Waals surface area contributed by atoms with Gasteiger partial charge in [-0.05, 0) is 23.6 Å². The van der Waals surface area contributed by atoms with E-state index in [1.807, 2.05) is 0 Å². The monoisotopic (exact) mass is 104 g/mol. The first-order valence-electron chi connectivity index (χ1n) is 2.00. The van der Waals surface area contributed by atoms with Gasteiger partial charge in [0.05, 0.1) is 6.20 Å². The smallest absolute Gasteiger partial charge is 0.139 e. The Morgan fingerprint density at radius 3 is 2.88 bits per heavy atom. The summed E-state index contributed by atoms with van der Waals surface area (Å²) in [6.45, 7) is 0. The molecule has 1 aromatic heterocycles. The van der Waals surface area contributed by atoms with E-state index in [1.165, 1.54) is 6.20 Å². The van der Waals surface area contributed by atoms with E-state index in [0.717, 1.165) is 0 Å². The van der Waals surface area contributed by atoms with Gasteiger partial charge in [0.15, 0.2) is 0 Å². The van der Waals surface area contributed by atoms with Crippen LogP contribution in [0.25, 0.3) is 0 Å². The van der Waals surface area contributed by atoms with E-state index in [4.69, 9.17) is 6.42 Å². The van der Waals surface area contributed by atoms with Crippen molar-refractivity contribution in [1.82, 2.24) is 15.4 Å². The topological polar surface area (TPSA) is 38.7 Å². The van der Waals surface area contributed by atoms with Gasteiger partial charge in [0.1, 0.15) is 5.69 Å². The molecule has 1 radical (unpaired) electrons. The Labute approximate surface area is 46.8 Å². The van der Waals surface area contributed by atoms with Gasteiger partial charge in [-0.1, -0.05) is 0 Å². The van der Waals surface area contributed by atoms with Crippen LogP contribution >= 0.6 is 0 Å². The Kier molecular flexibility index (Phi) is 1.20. The van der Waals surface area contributed by atoms with Crippen LogP contribution in [-0.2, 0) is 0 Å². The standard InChI is InChI=1S/C5H2N3/c1-2-5-3-4-6-8-7-5/h3-4H. The molecule has 0 saturated carbocycles. The van der Waals surface area contributed by atoms with Crippen molar-refractivity contribution in [2.45, 2.75) is 0 Å². The molecule has 1 heterocycles. The third-order valence-electron chi connectivity index (χ3n) is 0.631. The molecule has 0 amide bonds. The quantitative estimate of drug-likeness (QED) is 0.428. The molecule has 0 unspecified atom stereocenters. The number of aromatic nitrogens is 3. The fraction of sp³-hybridized carbons (Fsp3) is 0. The third-order valence-corrected chi connectivity index (χ3v) is 0.631. The summed E-state index contributed by atoms with van der Waals surface area (Å²) in [6.07, 6.45) is 8.03. The van der Waals surface area contributed by atoms with Gasteiger partial charge in [0.2, 0.25) is 0 Å². The van der Waals surface area contributed by atoms with Crippen LogP contribution in [0.2, 0.25) is 0 Å². The van der Waals surface area contributed by atoms with Crippen LogP contribution in [0.1, 0.15) is 5.69 Å². The van der Waals surface area contributed by atoms with Gasteiger partial charge in [-0.15, -0.1) is 10.2 Å². The maximum Gasteiger partial charge on any atom is 0.140 e. The highest BCUT2D eigenvalue weighted by atomic mass is 15.3. The summed E-state index contributed by atoms with van der Waals surface area (Å²) in [6, 6.07) is 1.56. The molecule has 3 heteroatoms. The Morgan fingerprint density at radius 1 is 1.62 bits per heavy atom. The zero-order chi connectivity index (χ0) is 5.82. The van der Waals surface area contributed by atoms with Gasteiger partial charge in [-0.25, -0.2) is 0 Å². The van der Waals surface area contributed by atoms with Crippen LogP contribution < -0.4 is 0 Å². The van der Waals surface area contributed by atoms with Crippen molar-refractivity contribution >= 4 is 0 Å². The molecule has 0 spiro atoms. The Balaban J connectivity index is 3.05. The number of hydrogen-bond acceptors (Lipinski definition) is 3. The van der Waals surface area contributed by atoms with Crippen LogP contribution in [0.4, 0.5) is 0 Å². The van der Waals surface area contributed by atoms with Crippen LogP contribution in [0.15, 0.2) is 12.3 Å². The van der Waals surface area contributed by atoms with E-state index in [9.17, 15) is 0 Å². The molecule has 37 valence electrons. The van der Waals surface area contributed by atoms with Crippen molar-refractivity contribution in [3.05, 3.63) is 24.4 Å². The average molecular weight is 104 g/mol. The van der Waals surface area contributed by atoms with Gasteiger partial charge in [0.25, 0.3) is 0 Å². The van der Waals surface area contributed by atoms with Crippen molar-refractivity contribution < 1.29 is 0 Å². The van der Waals surface area contributed by atoms with Crippen molar-refractivity contribution in [2.75, 3.05) is 0 Å². The lowest BCUT2D eigenvalue weighted by atomic mass is 10.4. The second-order valence-corrected chi connectivity index (χ2v) is 1.13. The molecular formula is C5H2N3. The van der Waals surface area contributed by atoms with Gasteiger partial charge in [-0.3, -0.25) is 0 Å². The fourth-order valence-electron chi connectivity index (χ4n) is 0.308. The van der Waals surface area contributed by atoms with Gasteiger partial charge in [-0.2, -0.15) is 0 Å². The molecule has 0 aliphatic rings. The fourth-order valence-corrected chi connectivity index (χ4v) is 0.308. The largest absolute Gasteiger partial charge is 0.140 e. The van der Waals surface area contributed by atoms with Crippen molar-refractivity contribution in [2.24, 2.45) is 0 Å². The van der Waals surface area contributed by atoms with E-state index in [2.05, 4.69) is 21.3 Å². The van der Waals surface area contributed by atoms with Crippen LogP contribution in [0, 0.1) is 12.3 Å². The zero-order valence-electron chi connectivity index (χ0n) is 4.00. The summed E-state index contributed by atoms with van der Waals surface area (Å²) in [5.74, 6) is 2.06. The summed E-state index contributed by atoms with van der Waals surface area (Å²) in [7, 11) is 0. The highest BCUT2D eigenvalue weighted by Gasteiger charge is 1.81. The Morgan fingerprint density at radius 2 is 2.50 bits per heavy atom. The zero-order valence-corrected chi connectivity index (χ0v) is 4.00. The van der Waals surface area contributed by atoms with E-state index in [0.29, 0.717) is 5.69 Å². The summed E-state index contributed by atoms with van der Waals surface area (Å²) in [5.41, 5.74) is 0.403. The van der Waals surface area contributed by atoms with E-state index < -0.39 is 0 Å². The highest BCUT2D eigenvalue weighted by Crippen LogP contribution is 1.81. The third kappa shape index (κ3) is 0.793. The minimum Gasteiger partial charge on any atom is -0.139 e. The molecule has 0 N–H and O–H groups in total. The first kappa shape index (κ1) is 4.72. The molecule has 0 atom stereocenters. The average Bonchev–Trinajstić information content (AvgIpc) is 1.90. The summed E-state index contributed by atoms with van der Waals surface area (Å²) >= 11 is 0. The number of rotatable bonds is 0. The molecule has 0 aliphatic heterocycles. The van der Waals surface area contributed by atoms with Crippen molar-refractivity contribution in [1.29, 1.82) is 0 Å². The minimum absolute atomic E-state index is 0.403. The SMILES string of the molecule is [C]#Cc1ccnnn1. The minimum atomic E-state index is 0.403. The Bertz CT molecular complexity index is 199. The van der Waals surface area contributed by atoms with Crippen molar-refractivity contribution in [3.8, 4) is 5.92 Å². The molecule has 0 fully saturated rings. The molecule has 0 bridgehead atoms. The first-order valence-corrected chi connectivity index (χ1v) is 2.00. The van der Waals surface area contributed by atoms with E-state index >= 15 is 0 Å². The van der Waals surface area contributed by atoms with Gasteiger partial charge in [0, 0.05) is 0 Å².